The summed E-state index contributed by atoms with van der Waals surface area (Å²) in [4.78, 5) is 27.3. The number of carbonyl (C=O) groups excluding carboxylic acids is 2. The lowest BCUT2D eigenvalue weighted by molar-refractivity contribution is -0.122. The Morgan fingerprint density at radius 3 is 2.21 bits per heavy atom. The third-order valence-electron chi connectivity index (χ3n) is 6.05. The molecule has 2 aromatic rings. The van der Waals surface area contributed by atoms with Gasteiger partial charge in [-0.05, 0) is 54.9 Å². The normalized spacial score (nSPS) is 16.6. The van der Waals surface area contributed by atoms with Crippen LogP contribution >= 0.6 is 0 Å². The number of carbonyl (C=O) groups is 2. The topological polar surface area (TPSA) is 49.4 Å². The Hall–Kier alpha value is -2.62. The van der Waals surface area contributed by atoms with Crippen LogP contribution in [0, 0.1) is 11.8 Å². The summed E-state index contributed by atoms with van der Waals surface area (Å²) in [5, 5.41) is 3.01. The molecule has 0 saturated heterocycles. The van der Waals surface area contributed by atoms with Crippen molar-refractivity contribution in [2.24, 2.45) is 11.8 Å². The van der Waals surface area contributed by atoms with Crippen LogP contribution in [0.4, 0.5) is 5.69 Å². The van der Waals surface area contributed by atoms with Gasteiger partial charge in [-0.25, -0.2) is 0 Å². The molecule has 0 heterocycles. The lowest BCUT2D eigenvalue weighted by atomic mass is 10.0. The van der Waals surface area contributed by atoms with Crippen molar-refractivity contribution >= 4 is 17.5 Å². The van der Waals surface area contributed by atoms with Gasteiger partial charge in [0.05, 0.1) is 13.0 Å². The molecule has 0 unspecified atom stereocenters. The Morgan fingerprint density at radius 2 is 1.55 bits per heavy atom. The van der Waals surface area contributed by atoms with Crippen LogP contribution in [0.3, 0.4) is 0 Å². The van der Waals surface area contributed by atoms with Gasteiger partial charge in [-0.15, -0.1) is 0 Å². The first-order chi connectivity index (χ1) is 14.2. The van der Waals surface area contributed by atoms with Crippen molar-refractivity contribution in [1.29, 1.82) is 0 Å². The lowest BCUT2D eigenvalue weighted by Gasteiger charge is -2.26. The van der Waals surface area contributed by atoms with Gasteiger partial charge in [0, 0.05) is 18.2 Å². The summed E-state index contributed by atoms with van der Waals surface area (Å²) in [6, 6.07) is 18.1. The molecule has 2 fully saturated rings. The quantitative estimate of drug-likeness (QED) is 0.722. The van der Waals surface area contributed by atoms with Crippen molar-refractivity contribution in [1.82, 2.24) is 5.32 Å². The molecule has 1 N–H and O–H groups in total. The number of amides is 2. The smallest absolute Gasteiger partial charge is 0.230 e. The van der Waals surface area contributed by atoms with Gasteiger partial charge in [0.1, 0.15) is 0 Å². The molecule has 2 aliphatic rings. The molecule has 4 heteroatoms. The molecule has 152 valence electrons. The summed E-state index contributed by atoms with van der Waals surface area (Å²) in [7, 11) is 0. The molecule has 0 atom stereocenters. The zero-order valence-electron chi connectivity index (χ0n) is 17.0. The molecule has 2 aliphatic carbocycles. The SMILES string of the molecule is O=C(Cc1ccc(N(Cc2ccccc2)C(=O)C2CCCC2)cc1)NCC1CC1. The summed E-state index contributed by atoms with van der Waals surface area (Å²) in [6.07, 6.45) is 7.13. The molecular formula is C25H30N2O2. The maximum absolute atomic E-state index is 13.2. The van der Waals surface area contributed by atoms with Crippen LogP contribution in [0.2, 0.25) is 0 Å². The molecule has 4 rings (SSSR count). The Bertz CT molecular complexity index is 822. The average molecular weight is 391 g/mol. The summed E-state index contributed by atoms with van der Waals surface area (Å²) in [5.74, 6) is 1.12. The summed E-state index contributed by atoms with van der Waals surface area (Å²) in [6.45, 7) is 1.38. The Kier molecular flexibility index (Phi) is 6.28. The zero-order chi connectivity index (χ0) is 20.1. The molecule has 0 bridgehead atoms. The van der Waals surface area contributed by atoms with E-state index in [0.717, 1.165) is 49.0 Å². The van der Waals surface area contributed by atoms with E-state index in [2.05, 4.69) is 17.4 Å². The van der Waals surface area contributed by atoms with Crippen LogP contribution in [-0.2, 0) is 22.6 Å². The number of anilines is 1. The second-order valence-corrected chi connectivity index (χ2v) is 8.48. The van der Waals surface area contributed by atoms with Crippen LogP contribution < -0.4 is 10.2 Å². The lowest BCUT2D eigenvalue weighted by Crippen LogP contribution is -2.35. The van der Waals surface area contributed by atoms with Crippen molar-refractivity contribution in [3.63, 3.8) is 0 Å². The summed E-state index contributed by atoms with van der Waals surface area (Å²) >= 11 is 0. The van der Waals surface area contributed by atoms with Gasteiger partial charge in [-0.1, -0.05) is 55.3 Å². The van der Waals surface area contributed by atoms with E-state index in [1.54, 1.807) is 0 Å². The van der Waals surface area contributed by atoms with Crippen molar-refractivity contribution in [3.8, 4) is 0 Å². The molecule has 29 heavy (non-hydrogen) atoms. The highest BCUT2D eigenvalue weighted by molar-refractivity contribution is 5.95. The van der Waals surface area contributed by atoms with Gasteiger partial charge in [0.2, 0.25) is 11.8 Å². The van der Waals surface area contributed by atoms with Crippen LogP contribution in [0.1, 0.15) is 49.7 Å². The Labute approximate surface area is 173 Å². The molecule has 4 nitrogen and oxygen atoms in total. The third kappa shape index (κ3) is 5.47. The van der Waals surface area contributed by atoms with Crippen molar-refractivity contribution in [2.45, 2.75) is 51.5 Å². The van der Waals surface area contributed by atoms with E-state index in [9.17, 15) is 9.59 Å². The molecule has 0 radical (unpaired) electrons. The first kappa shape index (κ1) is 19.7. The second-order valence-electron chi connectivity index (χ2n) is 8.48. The van der Waals surface area contributed by atoms with Gasteiger partial charge >= 0.3 is 0 Å². The minimum absolute atomic E-state index is 0.0767. The molecule has 0 aliphatic heterocycles. The maximum Gasteiger partial charge on any atom is 0.230 e. The molecule has 2 amide bonds. The minimum atomic E-state index is 0.0767. The van der Waals surface area contributed by atoms with E-state index in [1.165, 1.54) is 12.8 Å². The van der Waals surface area contributed by atoms with Crippen molar-refractivity contribution < 1.29 is 9.59 Å². The average Bonchev–Trinajstić information content (AvgIpc) is 3.42. The number of benzene rings is 2. The molecular weight excluding hydrogens is 360 g/mol. The highest BCUT2D eigenvalue weighted by Crippen LogP contribution is 2.30. The van der Waals surface area contributed by atoms with E-state index in [0.29, 0.717) is 18.9 Å². The van der Waals surface area contributed by atoms with Gasteiger partial charge in [-0.2, -0.15) is 0 Å². The number of hydrogen-bond acceptors (Lipinski definition) is 2. The fourth-order valence-corrected chi connectivity index (χ4v) is 4.08. The van der Waals surface area contributed by atoms with Crippen LogP contribution in [-0.4, -0.2) is 18.4 Å². The first-order valence-corrected chi connectivity index (χ1v) is 10.9. The second kappa shape index (κ2) is 9.25. The highest BCUT2D eigenvalue weighted by Gasteiger charge is 2.28. The van der Waals surface area contributed by atoms with E-state index < -0.39 is 0 Å². The monoisotopic (exact) mass is 390 g/mol. The van der Waals surface area contributed by atoms with Crippen LogP contribution in [0.25, 0.3) is 0 Å². The van der Waals surface area contributed by atoms with Crippen LogP contribution in [0.5, 0.6) is 0 Å². The largest absolute Gasteiger partial charge is 0.356 e. The standard InChI is InChI=1S/C25H30N2O2/c28-24(26-17-20-10-11-20)16-19-12-14-23(15-13-19)27(18-21-6-2-1-3-7-21)25(29)22-8-4-5-9-22/h1-3,6-7,12-15,20,22H,4-5,8-11,16-18H2,(H,26,28). The van der Waals surface area contributed by atoms with Crippen LogP contribution in [0.15, 0.2) is 54.6 Å². The van der Waals surface area contributed by atoms with Crippen molar-refractivity contribution in [3.05, 3.63) is 65.7 Å². The molecule has 0 aromatic heterocycles. The zero-order valence-corrected chi connectivity index (χ0v) is 17.0. The number of nitrogens with zero attached hydrogens (tertiary/aromatic N) is 1. The predicted octanol–water partition coefficient (Wildman–Crippen LogP) is 4.48. The van der Waals surface area contributed by atoms with E-state index in [1.807, 2.05) is 47.4 Å². The molecule has 0 spiro atoms. The minimum Gasteiger partial charge on any atom is -0.356 e. The third-order valence-corrected chi connectivity index (χ3v) is 6.05. The number of nitrogens with one attached hydrogen (secondary N) is 1. The van der Waals surface area contributed by atoms with Crippen molar-refractivity contribution in [2.75, 3.05) is 11.4 Å². The van der Waals surface area contributed by atoms with Gasteiger partial charge in [0.15, 0.2) is 0 Å². The maximum atomic E-state index is 13.2. The molecule has 2 saturated carbocycles. The van der Waals surface area contributed by atoms with E-state index in [-0.39, 0.29) is 17.7 Å². The number of hydrogen-bond donors (Lipinski definition) is 1. The predicted molar refractivity (Wildman–Crippen MR) is 115 cm³/mol. The van der Waals surface area contributed by atoms with Gasteiger partial charge in [-0.3, -0.25) is 9.59 Å². The highest BCUT2D eigenvalue weighted by atomic mass is 16.2. The first-order valence-electron chi connectivity index (χ1n) is 10.9. The number of rotatable bonds is 8. The summed E-state index contributed by atoms with van der Waals surface area (Å²) in [5.41, 5.74) is 3.02. The molecule has 2 aromatic carbocycles. The summed E-state index contributed by atoms with van der Waals surface area (Å²) < 4.78 is 0. The fourth-order valence-electron chi connectivity index (χ4n) is 4.08. The van der Waals surface area contributed by atoms with Gasteiger partial charge < -0.3 is 10.2 Å². The Balaban J connectivity index is 1.45. The van der Waals surface area contributed by atoms with E-state index >= 15 is 0 Å². The Morgan fingerprint density at radius 1 is 0.862 bits per heavy atom. The fraction of sp³-hybridized carbons (Fsp3) is 0.440. The van der Waals surface area contributed by atoms with Gasteiger partial charge in [0.25, 0.3) is 0 Å². The van der Waals surface area contributed by atoms with E-state index in [4.69, 9.17) is 0 Å².